The van der Waals surface area contributed by atoms with Crippen molar-refractivity contribution in [3.8, 4) is 0 Å². The predicted molar refractivity (Wildman–Crippen MR) is 104 cm³/mol. The first-order chi connectivity index (χ1) is 10.8. The molecule has 0 spiro atoms. The minimum Gasteiger partial charge on any atom is -0.289 e. The molecule has 1 aliphatic carbocycles. The lowest BCUT2D eigenvalue weighted by Crippen LogP contribution is -2.24. The SMILES string of the molecule is CC(C)(C)C1=C(c2ccccc2)C(=O)C(C(C)(C)C)=C1C(C)(C)C. The van der Waals surface area contributed by atoms with Gasteiger partial charge in [0.25, 0.3) is 0 Å². The third kappa shape index (κ3) is 3.27. The van der Waals surface area contributed by atoms with Crippen molar-refractivity contribution >= 4 is 11.4 Å². The van der Waals surface area contributed by atoms with Crippen LogP contribution in [0.3, 0.4) is 0 Å². The van der Waals surface area contributed by atoms with Gasteiger partial charge in [-0.25, -0.2) is 0 Å². The number of rotatable bonds is 1. The first kappa shape index (κ1) is 18.7. The summed E-state index contributed by atoms with van der Waals surface area (Å²) in [7, 11) is 0. The molecule has 0 N–H and O–H groups in total. The quantitative estimate of drug-likeness (QED) is 0.579. The number of hydrogen-bond acceptors (Lipinski definition) is 1. The van der Waals surface area contributed by atoms with Crippen molar-refractivity contribution in [1.29, 1.82) is 0 Å². The lowest BCUT2D eigenvalue weighted by molar-refractivity contribution is -0.111. The van der Waals surface area contributed by atoms with Gasteiger partial charge < -0.3 is 0 Å². The van der Waals surface area contributed by atoms with Gasteiger partial charge in [-0.1, -0.05) is 92.6 Å². The van der Waals surface area contributed by atoms with E-state index in [2.05, 4.69) is 74.4 Å². The van der Waals surface area contributed by atoms with Crippen LogP contribution in [0.5, 0.6) is 0 Å². The number of hydrogen-bond donors (Lipinski definition) is 0. The summed E-state index contributed by atoms with van der Waals surface area (Å²) in [6.07, 6.45) is 0. The molecule has 1 aromatic rings. The minimum absolute atomic E-state index is 0.0720. The smallest absolute Gasteiger partial charge is 0.190 e. The Kier molecular flexibility index (Phi) is 4.46. The van der Waals surface area contributed by atoms with Gasteiger partial charge >= 0.3 is 0 Å². The van der Waals surface area contributed by atoms with Gasteiger partial charge in [-0.15, -0.1) is 0 Å². The van der Waals surface area contributed by atoms with E-state index in [0.29, 0.717) is 0 Å². The number of ketones is 1. The van der Waals surface area contributed by atoms with Crippen molar-refractivity contribution in [3.63, 3.8) is 0 Å². The van der Waals surface area contributed by atoms with Crippen LogP contribution < -0.4 is 0 Å². The summed E-state index contributed by atoms with van der Waals surface area (Å²) < 4.78 is 0. The summed E-state index contributed by atoms with van der Waals surface area (Å²) in [4.78, 5) is 13.6. The highest BCUT2D eigenvalue weighted by molar-refractivity contribution is 6.34. The zero-order chi connectivity index (χ0) is 18.5. The zero-order valence-corrected chi connectivity index (χ0v) is 16.8. The molecular formula is C23H32O. The summed E-state index contributed by atoms with van der Waals surface area (Å²) in [5.74, 6) is 0.212. The Labute approximate surface area is 147 Å². The van der Waals surface area contributed by atoms with Crippen LogP contribution in [0.15, 0.2) is 47.1 Å². The molecule has 0 fully saturated rings. The predicted octanol–water partition coefficient (Wildman–Crippen LogP) is 6.46. The van der Waals surface area contributed by atoms with Crippen LogP contribution in [-0.2, 0) is 4.79 Å². The molecule has 0 saturated carbocycles. The van der Waals surface area contributed by atoms with E-state index >= 15 is 0 Å². The Bertz CT molecular complexity index is 708. The van der Waals surface area contributed by atoms with E-state index in [4.69, 9.17) is 0 Å². The molecule has 0 unspecified atom stereocenters. The Morgan fingerprint density at radius 2 is 1.00 bits per heavy atom. The Morgan fingerprint density at radius 3 is 1.38 bits per heavy atom. The van der Waals surface area contributed by atoms with Crippen molar-refractivity contribution in [2.24, 2.45) is 16.2 Å². The molecule has 0 saturated heterocycles. The van der Waals surface area contributed by atoms with Gasteiger partial charge in [0.2, 0.25) is 0 Å². The third-order valence-corrected chi connectivity index (χ3v) is 4.52. The largest absolute Gasteiger partial charge is 0.289 e. The van der Waals surface area contributed by atoms with Gasteiger partial charge in [-0.3, -0.25) is 4.79 Å². The van der Waals surface area contributed by atoms with E-state index in [1.165, 1.54) is 11.1 Å². The van der Waals surface area contributed by atoms with Crippen LogP contribution >= 0.6 is 0 Å². The van der Waals surface area contributed by atoms with Crippen LogP contribution in [0.1, 0.15) is 67.9 Å². The first-order valence-electron chi connectivity index (χ1n) is 8.86. The average Bonchev–Trinajstić information content (AvgIpc) is 2.73. The van der Waals surface area contributed by atoms with Crippen molar-refractivity contribution in [2.75, 3.05) is 0 Å². The second-order valence-electron chi connectivity index (χ2n) is 9.95. The van der Waals surface area contributed by atoms with E-state index in [0.717, 1.165) is 16.7 Å². The van der Waals surface area contributed by atoms with E-state index in [1.54, 1.807) is 0 Å². The first-order valence-corrected chi connectivity index (χ1v) is 8.86. The molecule has 24 heavy (non-hydrogen) atoms. The lowest BCUT2D eigenvalue weighted by atomic mass is 9.69. The molecule has 1 aromatic carbocycles. The minimum atomic E-state index is -0.174. The summed E-state index contributed by atoms with van der Waals surface area (Å²) in [5.41, 5.74) is 5.05. The molecule has 0 aromatic heterocycles. The zero-order valence-electron chi connectivity index (χ0n) is 16.8. The molecule has 0 aliphatic heterocycles. The molecule has 0 amide bonds. The van der Waals surface area contributed by atoms with Crippen molar-refractivity contribution in [3.05, 3.63) is 52.6 Å². The van der Waals surface area contributed by atoms with Gasteiger partial charge in [-0.05, 0) is 33.0 Å². The summed E-state index contributed by atoms with van der Waals surface area (Å²) in [6, 6.07) is 10.2. The maximum Gasteiger partial charge on any atom is 0.190 e. The highest BCUT2D eigenvalue weighted by Gasteiger charge is 2.45. The van der Waals surface area contributed by atoms with Crippen LogP contribution in [0.25, 0.3) is 5.57 Å². The van der Waals surface area contributed by atoms with E-state index in [9.17, 15) is 4.79 Å². The Morgan fingerprint density at radius 1 is 0.583 bits per heavy atom. The van der Waals surface area contributed by atoms with E-state index in [1.807, 2.05) is 18.2 Å². The number of Topliss-reactive ketones (excluding diaryl/α,β-unsaturated/α-hetero) is 1. The lowest BCUT2D eigenvalue weighted by Gasteiger charge is -2.34. The van der Waals surface area contributed by atoms with Gasteiger partial charge in [0.15, 0.2) is 5.78 Å². The molecule has 0 heterocycles. The molecule has 130 valence electrons. The van der Waals surface area contributed by atoms with Crippen molar-refractivity contribution in [2.45, 2.75) is 62.3 Å². The highest BCUT2D eigenvalue weighted by Crippen LogP contribution is 2.54. The number of carbonyl (C=O) groups is 1. The molecule has 0 atom stereocenters. The van der Waals surface area contributed by atoms with Gasteiger partial charge in [0.1, 0.15) is 0 Å². The maximum atomic E-state index is 13.6. The number of carbonyl (C=O) groups excluding carboxylic acids is 1. The maximum absolute atomic E-state index is 13.6. The van der Waals surface area contributed by atoms with Gasteiger partial charge in [-0.2, -0.15) is 0 Å². The Balaban J connectivity index is 2.91. The number of benzene rings is 1. The molecule has 0 radical (unpaired) electrons. The average molecular weight is 325 g/mol. The fraction of sp³-hybridized carbons (Fsp3) is 0.522. The molecule has 1 aliphatic rings. The molecule has 2 rings (SSSR count). The molecule has 1 heteroatoms. The summed E-state index contributed by atoms with van der Waals surface area (Å²) in [6.45, 7) is 19.8. The van der Waals surface area contributed by atoms with E-state index in [-0.39, 0.29) is 22.0 Å². The van der Waals surface area contributed by atoms with Crippen LogP contribution in [-0.4, -0.2) is 5.78 Å². The molecule has 1 nitrogen and oxygen atoms in total. The normalized spacial score (nSPS) is 17.1. The third-order valence-electron chi connectivity index (χ3n) is 4.52. The van der Waals surface area contributed by atoms with Crippen molar-refractivity contribution in [1.82, 2.24) is 0 Å². The standard InChI is InChI=1S/C23H32O/c1-21(2,3)17-16(15-13-11-10-12-14-15)20(24)19(23(7,8)9)18(17)22(4,5)6/h10-14H,1-9H3. The summed E-state index contributed by atoms with van der Waals surface area (Å²) >= 11 is 0. The van der Waals surface area contributed by atoms with E-state index < -0.39 is 0 Å². The highest BCUT2D eigenvalue weighted by atomic mass is 16.1. The van der Waals surface area contributed by atoms with Crippen LogP contribution in [0, 0.1) is 16.2 Å². The topological polar surface area (TPSA) is 17.1 Å². The molecule has 0 bridgehead atoms. The monoisotopic (exact) mass is 324 g/mol. The Hall–Kier alpha value is -1.63. The van der Waals surface area contributed by atoms with Crippen molar-refractivity contribution < 1.29 is 4.79 Å². The summed E-state index contributed by atoms with van der Waals surface area (Å²) in [5, 5.41) is 0. The van der Waals surface area contributed by atoms with Crippen LogP contribution in [0.4, 0.5) is 0 Å². The number of allylic oxidation sites excluding steroid dienone is 4. The fourth-order valence-electron chi connectivity index (χ4n) is 3.70. The van der Waals surface area contributed by atoms with Gasteiger partial charge in [0, 0.05) is 11.1 Å². The van der Waals surface area contributed by atoms with Crippen LogP contribution in [0.2, 0.25) is 0 Å². The van der Waals surface area contributed by atoms with Gasteiger partial charge in [0.05, 0.1) is 0 Å². The second-order valence-corrected chi connectivity index (χ2v) is 9.95. The fourth-order valence-corrected chi connectivity index (χ4v) is 3.70. The second kappa shape index (κ2) is 5.72. The molecular weight excluding hydrogens is 292 g/mol.